The van der Waals surface area contributed by atoms with Crippen LogP contribution in [0.2, 0.25) is 0 Å². The van der Waals surface area contributed by atoms with E-state index >= 15 is 0 Å². The summed E-state index contributed by atoms with van der Waals surface area (Å²) in [7, 11) is 0. The summed E-state index contributed by atoms with van der Waals surface area (Å²) >= 11 is 0. The number of carbonyl (C=O) groups excluding carboxylic acids is 1. The molecule has 1 spiro atoms. The molecular weight excluding hydrogens is 322 g/mol. The first-order valence-electron chi connectivity index (χ1n) is 9.86. The Morgan fingerprint density at radius 1 is 1.16 bits per heavy atom. The maximum atomic E-state index is 12.1. The molecule has 6 nitrogen and oxygen atoms in total. The van der Waals surface area contributed by atoms with Gasteiger partial charge < -0.3 is 14.8 Å². The van der Waals surface area contributed by atoms with Gasteiger partial charge in [-0.25, -0.2) is 9.78 Å². The van der Waals surface area contributed by atoms with Crippen molar-refractivity contribution in [1.82, 2.24) is 5.32 Å². The average Bonchev–Trinajstić information content (AvgIpc) is 2.79. The molecule has 2 bridgehead atoms. The summed E-state index contributed by atoms with van der Waals surface area (Å²) in [6.45, 7) is 9.00. The maximum absolute atomic E-state index is 12.1. The number of nitrogens with one attached hydrogen (secondary N) is 1. The van der Waals surface area contributed by atoms with Crippen LogP contribution in [0.3, 0.4) is 0 Å². The molecule has 25 heavy (non-hydrogen) atoms. The Balaban J connectivity index is 1.66. The van der Waals surface area contributed by atoms with Gasteiger partial charge in [-0.2, -0.15) is 0 Å². The Morgan fingerprint density at radius 2 is 1.96 bits per heavy atom. The van der Waals surface area contributed by atoms with E-state index in [4.69, 9.17) is 19.2 Å². The third-order valence-electron chi connectivity index (χ3n) is 7.06. The Morgan fingerprint density at radius 3 is 2.72 bits per heavy atom. The summed E-state index contributed by atoms with van der Waals surface area (Å²) in [4.78, 5) is 24.1. The quantitative estimate of drug-likeness (QED) is 0.791. The molecule has 4 heterocycles. The molecule has 4 saturated heterocycles. The van der Waals surface area contributed by atoms with E-state index < -0.39 is 17.7 Å². The lowest BCUT2D eigenvalue weighted by molar-refractivity contribution is -0.570. The van der Waals surface area contributed by atoms with E-state index in [2.05, 4.69) is 19.2 Å². The first-order chi connectivity index (χ1) is 11.9. The van der Waals surface area contributed by atoms with Crippen molar-refractivity contribution in [3.8, 4) is 0 Å². The van der Waals surface area contributed by atoms with Gasteiger partial charge in [0, 0.05) is 18.9 Å². The largest absolute Gasteiger partial charge is 0.356 e. The van der Waals surface area contributed by atoms with Gasteiger partial charge in [-0.1, -0.05) is 13.8 Å². The monoisotopic (exact) mass is 353 g/mol. The van der Waals surface area contributed by atoms with Crippen LogP contribution < -0.4 is 5.32 Å². The second-order valence-corrected chi connectivity index (χ2v) is 8.60. The smallest absolute Gasteiger partial charge is 0.222 e. The van der Waals surface area contributed by atoms with Gasteiger partial charge in [-0.15, -0.1) is 0 Å². The van der Waals surface area contributed by atoms with E-state index in [0.29, 0.717) is 24.8 Å². The molecule has 0 aromatic carbocycles. The molecule has 1 amide bonds. The number of rotatable bonds is 3. The van der Waals surface area contributed by atoms with Gasteiger partial charge in [-0.05, 0) is 50.9 Å². The lowest BCUT2D eigenvalue weighted by atomic mass is 9.57. The molecule has 1 saturated carbocycles. The molecule has 5 rings (SSSR count). The van der Waals surface area contributed by atoms with Crippen LogP contribution in [-0.2, 0) is 24.0 Å². The number of ether oxygens (including phenoxy) is 2. The van der Waals surface area contributed by atoms with Gasteiger partial charge in [-0.3, -0.25) is 4.79 Å². The van der Waals surface area contributed by atoms with Crippen LogP contribution in [0, 0.1) is 23.7 Å². The van der Waals surface area contributed by atoms with Crippen molar-refractivity contribution in [3.05, 3.63) is 0 Å². The van der Waals surface area contributed by atoms with Gasteiger partial charge in [0.05, 0.1) is 12.5 Å². The van der Waals surface area contributed by atoms with Gasteiger partial charge in [0.25, 0.3) is 0 Å². The van der Waals surface area contributed by atoms with Crippen LogP contribution in [0.4, 0.5) is 0 Å². The number of carbonyl (C=O) groups is 1. The van der Waals surface area contributed by atoms with Crippen LogP contribution in [0.15, 0.2) is 0 Å². The molecule has 1 N–H and O–H groups in total. The van der Waals surface area contributed by atoms with Crippen molar-refractivity contribution >= 4 is 5.91 Å². The number of hydrogen-bond donors (Lipinski definition) is 1. The highest BCUT2D eigenvalue weighted by atomic mass is 17.3. The van der Waals surface area contributed by atoms with E-state index in [1.54, 1.807) is 0 Å². The Hall–Kier alpha value is -0.690. The Kier molecular flexibility index (Phi) is 4.38. The van der Waals surface area contributed by atoms with Crippen molar-refractivity contribution in [2.24, 2.45) is 23.7 Å². The van der Waals surface area contributed by atoms with Crippen molar-refractivity contribution in [2.75, 3.05) is 6.54 Å². The molecular formula is C19H31NO5. The average molecular weight is 353 g/mol. The zero-order chi connectivity index (χ0) is 17.8. The van der Waals surface area contributed by atoms with E-state index in [1.807, 2.05) is 13.8 Å². The van der Waals surface area contributed by atoms with Crippen LogP contribution in [0.1, 0.15) is 59.8 Å². The van der Waals surface area contributed by atoms with Crippen molar-refractivity contribution in [3.63, 3.8) is 0 Å². The highest BCUT2D eigenvalue weighted by molar-refractivity contribution is 5.76. The highest BCUT2D eigenvalue weighted by Gasteiger charge is 2.69. The first-order valence-corrected chi connectivity index (χ1v) is 9.86. The summed E-state index contributed by atoms with van der Waals surface area (Å²) in [6.07, 6.45) is 3.86. The van der Waals surface area contributed by atoms with Gasteiger partial charge in [0.15, 0.2) is 11.9 Å². The molecule has 5 fully saturated rings. The zero-order valence-electron chi connectivity index (χ0n) is 15.7. The predicted octanol–water partition coefficient (Wildman–Crippen LogP) is 2.76. The summed E-state index contributed by atoms with van der Waals surface area (Å²) in [5, 5.41) is 2.88. The highest BCUT2D eigenvalue weighted by Crippen LogP contribution is 2.60. The third-order valence-corrected chi connectivity index (χ3v) is 7.06. The second-order valence-electron chi connectivity index (χ2n) is 8.60. The maximum Gasteiger partial charge on any atom is 0.222 e. The number of hydrogen-bond acceptors (Lipinski definition) is 5. The zero-order valence-corrected chi connectivity index (χ0v) is 15.7. The molecule has 0 radical (unpaired) electrons. The first kappa shape index (κ1) is 17.7. The Bertz CT molecular complexity index is 542. The normalized spacial score (nSPS) is 51.5. The van der Waals surface area contributed by atoms with Crippen molar-refractivity contribution < 1.29 is 24.0 Å². The van der Waals surface area contributed by atoms with Gasteiger partial charge in [0.1, 0.15) is 0 Å². The van der Waals surface area contributed by atoms with Crippen molar-refractivity contribution in [1.29, 1.82) is 0 Å². The minimum atomic E-state index is -0.756. The Labute approximate surface area is 149 Å². The standard InChI is InChI=1S/C19H31NO5/c1-5-20-16(21)10-15-12(3)14-7-6-11(2)13-8-9-18(4)23-17(22-15)19(13,14)25-24-18/h11-15,17H,5-10H2,1-4H3,(H,20,21)/t11-,12-,13+,14+,15-,17-,18-,19-/m1/s1. The molecule has 6 heteroatoms. The van der Waals surface area contributed by atoms with E-state index in [1.165, 1.54) is 6.42 Å². The molecule has 0 aromatic rings. The molecule has 1 aliphatic carbocycles. The minimum absolute atomic E-state index is 0.0400. The fourth-order valence-corrected chi connectivity index (χ4v) is 5.66. The fraction of sp³-hybridized carbons (Fsp3) is 0.947. The minimum Gasteiger partial charge on any atom is -0.356 e. The topological polar surface area (TPSA) is 66.0 Å². The predicted molar refractivity (Wildman–Crippen MR) is 90.1 cm³/mol. The molecule has 8 atom stereocenters. The third kappa shape index (κ3) is 2.64. The number of fused-ring (bicyclic) bond motifs is 2. The molecule has 142 valence electrons. The lowest BCUT2D eigenvalue weighted by Crippen LogP contribution is -2.70. The van der Waals surface area contributed by atoms with E-state index in [9.17, 15) is 4.79 Å². The van der Waals surface area contributed by atoms with Gasteiger partial charge >= 0.3 is 0 Å². The van der Waals surface area contributed by atoms with E-state index in [-0.39, 0.29) is 23.8 Å². The van der Waals surface area contributed by atoms with Gasteiger partial charge in [0.2, 0.25) is 11.7 Å². The summed E-state index contributed by atoms with van der Waals surface area (Å²) < 4.78 is 12.7. The lowest BCUT2D eigenvalue weighted by Gasteiger charge is -2.60. The van der Waals surface area contributed by atoms with Crippen LogP contribution >= 0.6 is 0 Å². The summed E-state index contributed by atoms with van der Waals surface area (Å²) in [5.41, 5.74) is -0.537. The SMILES string of the molecule is CCNC(=O)C[C@H]1O[C@@H]2O[C@@]3(C)CC[C@H]4[C@H](C)CC[C@@H]([C@H]1C)[C@@]24OO3. The molecule has 0 aromatic heterocycles. The second kappa shape index (κ2) is 6.19. The van der Waals surface area contributed by atoms with E-state index in [0.717, 1.165) is 19.3 Å². The summed E-state index contributed by atoms with van der Waals surface area (Å²) in [6, 6.07) is 0. The van der Waals surface area contributed by atoms with Crippen LogP contribution in [-0.4, -0.2) is 36.2 Å². The summed E-state index contributed by atoms with van der Waals surface area (Å²) in [5.74, 6) is 0.723. The van der Waals surface area contributed by atoms with Crippen LogP contribution in [0.5, 0.6) is 0 Å². The van der Waals surface area contributed by atoms with Crippen molar-refractivity contribution in [2.45, 2.75) is 83.6 Å². The molecule has 4 aliphatic heterocycles. The number of amides is 1. The molecule has 0 unspecified atom stereocenters. The molecule has 5 aliphatic rings. The fourth-order valence-electron chi connectivity index (χ4n) is 5.66. The van der Waals surface area contributed by atoms with Crippen LogP contribution in [0.25, 0.3) is 0 Å².